The van der Waals surface area contributed by atoms with Gasteiger partial charge in [-0.15, -0.1) is 0 Å². The largest absolute Gasteiger partial charge is 0.490 e. The minimum atomic E-state index is -0.546. The van der Waals surface area contributed by atoms with Gasteiger partial charge in [0.15, 0.2) is 11.5 Å². The number of hydrogen-bond donors (Lipinski definition) is 1. The van der Waals surface area contributed by atoms with Crippen molar-refractivity contribution in [2.24, 2.45) is 0 Å². The molecule has 0 aliphatic carbocycles. The summed E-state index contributed by atoms with van der Waals surface area (Å²) in [5.41, 5.74) is 2.07. The molecule has 0 aliphatic heterocycles. The van der Waals surface area contributed by atoms with Crippen molar-refractivity contribution in [3.05, 3.63) is 104 Å². The Morgan fingerprint density at radius 2 is 1.78 bits per heavy atom. The highest BCUT2D eigenvalue weighted by Gasteiger charge is 2.15. The zero-order chi connectivity index (χ0) is 25.5. The Labute approximate surface area is 228 Å². The highest BCUT2D eigenvalue weighted by atomic mass is 127. The van der Waals surface area contributed by atoms with E-state index in [0.717, 1.165) is 14.5 Å². The maximum absolute atomic E-state index is 12.7. The predicted octanol–water partition coefficient (Wildman–Crippen LogP) is 7.62. The molecule has 36 heavy (non-hydrogen) atoms. The minimum Gasteiger partial charge on any atom is -0.490 e. The van der Waals surface area contributed by atoms with E-state index in [0.29, 0.717) is 41.0 Å². The molecule has 0 unspecified atom stereocenters. The highest BCUT2D eigenvalue weighted by Crippen LogP contribution is 2.36. The third-order valence-electron chi connectivity index (χ3n) is 5.33. The number of ether oxygens (including phenoxy) is 2. The Hall–Kier alpha value is -3.54. The molecule has 0 aliphatic rings. The Balaban J connectivity index is 1.57. The van der Waals surface area contributed by atoms with Crippen LogP contribution in [0.3, 0.4) is 0 Å². The Bertz CT molecular complexity index is 1490. The second-order valence-electron chi connectivity index (χ2n) is 7.84. The fourth-order valence-corrected chi connectivity index (χ4v) is 4.59. The van der Waals surface area contributed by atoms with E-state index in [1.54, 1.807) is 30.3 Å². The molecular formula is C29H22ClIN2O3. The van der Waals surface area contributed by atoms with Gasteiger partial charge in [-0.2, -0.15) is 5.26 Å². The van der Waals surface area contributed by atoms with Gasteiger partial charge in [-0.25, -0.2) is 0 Å². The maximum atomic E-state index is 12.7. The number of para-hydroxylation sites is 1. The molecule has 4 rings (SSSR count). The van der Waals surface area contributed by atoms with E-state index < -0.39 is 5.91 Å². The monoisotopic (exact) mass is 608 g/mol. The van der Waals surface area contributed by atoms with Crippen molar-refractivity contribution < 1.29 is 14.3 Å². The first-order valence-corrected chi connectivity index (χ1v) is 12.7. The van der Waals surface area contributed by atoms with Gasteiger partial charge in [-0.1, -0.05) is 60.1 Å². The van der Waals surface area contributed by atoms with Crippen LogP contribution in [-0.2, 0) is 11.4 Å². The molecule has 4 aromatic rings. The van der Waals surface area contributed by atoms with Crippen LogP contribution in [0.4, 0.5) is 5.69 Å². The number of carbonyl (C=O) groups excluding carboxylic acids is 1. The van der Waals surface area contributed by atoms with E-state index in [2.05, 4.69) is 52.2 Å². The summed E-state index contributed by atoms with van der Waals surface area (Å²) in [4.78, 5) is 12.7. The summed E-state index contributed by atoms with van der Waals surface area (Å²) in [7, 11) is 0. The third kappa shape index (κ3) is 6.17. The number of carbonyl (C=O) groups is 1. The van der Waals surface area contributed by atoms with Crippen LogP contribution >= 0.6 is 34.2 Å². The number of rotatable bonds is 8. The molecule has 0 radical (unpaired) electrons. The van der Waals surface area contributed by atoms with E-state index in [1.807, 2.05) is 37.3 Å². The summed E-state index contributed by atoms with van der Waals surface area (Å²) in [6.45, 7) is 2.70. The molecule has 0 saturated heterocycles. The van der Waals surface area contributed by atoms with Gasteiger partial charge in [-0.05, 0) is 87.8 Å². The summed E-state index contributed by atoms with van der Waals surface area (Å²) < 4.78 is 12.8. The van der Waals surface area contributed by atoms with E-state index in [1.165, 1.54) is 11.5 Å². The average Bonchev–Trinajstić information content (AvgIpc) is 2.88. The standard InChI is InChI=1S/C29H22ClIN2O3/c1-2-35-27-16-20(14-23(17-32)29(34)33-26-10-6-5-9-24(26)30)15-25(31)28(27)36-18-19-11-12-21-7-3-4-8-22(21)13-19/h3-16H,2,18H2,1H3,(H,33,34)/b23-14+. The second kappa shape index (κ2) is 11.9. The first-order chi connectivity index (χ1) is 17.5. The van der Waals surface area contributed by atoms with Gasteiger partial charge in [0.25, 0.3) is 5.91 Å². The first kappa shape index (κ1) is 25.5. The Kier molecular flexibility index (Phi) is 8.47. The summed E-state index contributed by atoms with van der Waals surface area (Å²) >= 11 is 8.30. The number of halogens is 2. The number of nitriles is 1. The smallest absolute Gasteiger partial charge is 0.266 e. The van der Waals surface area contributed by atoms with Crippen molar-refractivity contribution in [1.29, 1.82) is 5.26 Å². The van der Waals surface area contributed by atoms with Crippen LogP contribution in [0.1, 0.15) is 18.1 Å². The SMILES string of the molecule is CCOc1cc(/C=C(\C#N)C(=O)Nc2ccccc2Cl)cc(I)c1OCc1ccc2ccccc2c1. The number of nitrogens with one attached hydrogen (secondary N) is 1. The molecule has 0 saturated carbocycles. The van der Waals surface area contributed by atoms with Crippen LogP contribution < -0.4 is 14.8 Å². The topological polar surface area (TPSA) is 71.3 Å². The lowest BCUT2D eigenvalue weighted by Crippen LogP contribution is -2.13. The molecule has 0 heterocycles. The van der Waals surface area contributed by atoms with Gasteiger partial charge in [0, 0.05) is 0 Å². The van der Waals surface area contributed by atoms with Crippen molar-refractivity contribution in [2.75, 3.05) is 11.9 Å². The van der Waals surface area contributed by atoms with Gasteiger partial charge >= 0.3 is 0 Å². The Morgan fingerprint density at radius 1 is 1.03 bits per heavy atom. The normalized spacial score (nSPS) is 11.1. The van der Waals surface area contributed by atoms with Crippen molar-refractivity contribution in [3.63, 3.8) is 0 Å². The maximum Gasteiger partial charge on any atom is 0.266 e. The number of hydrogen-bond acceptors (Lipinski definition) is 4. The molecule has 180 valence electrons. The molecule has 0 atom stereocenters. The summed E-state index contributed by atoms with van der Waals surface area (Å²) in [6, 6.07) is 26.8. The number of fused-ring (bicyclic) bond motifs is 1. The third-order valence-corrected chi connectivity index (χ3v) is 6.46. The highest BCUT2D eigenvalue weighted by molar-refractivity contribution is 14.1. The van der Waals surface area contributed by atoms with Crippen LogP contribution in [0.25, 0.3) is 16.8 Å². The van der Waals surface area contributed by atoms with Crippen molar-refractivity contribution >= 4 is 62.6 Å². The fourth-order valence-electron chi connectivity index (χ4n) is 3.63. The van der Waals surface area contributed by atoms with Gasteiger partial charge in [0.1, 0.15) is 18.2 Å². The van der Waals surface area contributed by atoms with Gasteiger partial charge in [0.2, 0.25) is 0 Å². The predicted molar refractivity (Wildman–Crippen MR) is 152 cm³/mol. The van der Waals surface area contributed by atoms with Crippen molar-refractivity contribution in [1.82, 2.24) is 0 Å². The Morgan fingerprint density at radius 3 is 2.53 bits per heavy atom. The number of amides is 1. The molecule has 0 bridgehead atoms. The minimum absolute atomic E-state index is 0.0574. The van der Waals surface area contributed by atoms with Crippen molar-refractivity contribution in [2.45, 2.75) is 13.5 Å². The van der Waals surface area contributed by atoms with E-state index >= 15 is 0 Å². The summed E-state index contributed by atoms with van der Waals surface area (Å²) in [5, 5.41) is 15.0. The molecule has 0 aromatic heterocycles. The molecule has 1 N–H and O–H groups in total. The molecular weight excluding hydrogens is 587 g/mol. The van der Waals surface area contributed by atoms with Crippen LogP contribution in [0.15, 0.2) is 84.4 Å². The van der Waals surface area contributed by atoms with Crippen LogP contribution in [0, 0.1) is 14.9 Å². The zero-order valence-electron chi connectivity index (χ0n) is 19.4. The molecule has 4 aromatic carbocycles. The summed E-state index contributed by atoms with van der Waals surface area (Å²) in [5.74, 6) is 0.609. The quantitative estimate of drug-likeness (QED) is 0.127. The van der Waals surface area contributed by atoms with Crippen LogP contribution in [-0.4, -0.2) is 12.5 Å². The lowest BCUT2D eigenvalue weighted by atomic mass is 10.1. The molecule has 0 fully saturated rings. The van der Waals surface area contributed by atoms with E-state index in [-0.39, 0.29) is 5.57 Å². The zero-order valence-corrected chi connectivity index (χ0v) is 22.3. The number of benzene rings is 4. The summed E-state index contributed by atoms with van der Waals surface area (Å²) in [6.07, 6.45) is 1.52. The lowest BCUT2D eigenvalue weighted by Gasteiger charge is -2.15. The lowest BCUT2D eigenvalue weighted by molar-refractivity contribution is -0.112. The number of anilines is 1. The van der Waals surface area contributed by atoms with Crippen LogP contribution in [0.2, 0.25) is 5.02 Å². The molecule has 1 amide bonds. The molecule has 5 nitrogen and oxygen atoms in total. The fraction of sp³-hybridized carbons (Fsp3) is 0.103. The van der Waals surface area contributed by atoms with Crippen LogP contribution in [0.5, 0.6) is 11.5 Å². The average molecular weight is 609 g/mol. The molecule has 0 spiro atoms. The first-order valence-electron chi connectivity index (χ1n) is 11.2. The van der Waals surface area contributed by atoms with E-state index in [4.69, 9.17) is 21.1 Å². The van der Waals surface area contributed by atoms with Gasteiger partial charge < -0.3 is 14.8 Å². The van der Waals surface area contributed by atoms with Crippen molar-refractivity contribution in [3.8, 4) is 17.6 Å². The second-order valence-corrected chi connectivity index (χ2v) is 9.41. The van der Waals surface area contributed by atoms with Gasteiger partial charge in [0.05, 0.1) is 20.9 Å². The molecule has 7 heteroatoms. The number of nitrogens with zero attached hydrogens (tertiary/aromatic N) is 1. The van der Waals surface area contributed by atoms with E-state index in [9.17, 15) is 10.1 Å². The van der Waals surface area contributed by atoms with Gasteiger partial charge in [-0.3, -0.25) is 4.79 Å².